The number of halogens is 1. The van der Waals surface area contributed by atoms with Gasteiger partial charge < -0.3 is 20.1 Å². The van der Waals surface area contributed by atoms with Crippen LogP contribution in [0.3, 0.4) is 0 Å². The Morgan fingerprint density at radius 3 is 2.67 bits per heavy atom. The molecule has 0 amide bonds. The van der Waals surface area contributed by atoms with E-state index < -0.39 is 0 Å². The first-order chi connectivity index (χ1) is 11.3. The van der Waals surface area contributed by atoms with Crippen molar-refractivity contribution in [1.29, 1.82) is 0 Å². The van der Waals surface area contributed by atoms with Gasteiger partial charge in [-0.2, -0.15) is 0 Å². The minimum atomic E-state index is 0. The number of aliphatic imine (C=N–C) groups is 1. The molecule has 6 heteroatoms. The predicted octanol–water partition coefficient (Wildman–Crippen LogP) is 2.73. The van der Waals surface area contributed by atoms with Crippen molar-refractivity contribution in [3.8, 4) is 5.75 Å². The summed E-state index contributed by atoms with van der Waals surface area (Å²) in [6.45, 7) is 3.73. The summed E-state index contributed by atoms with van der Waals surface area (Å²) >= 11 is 0. The third kappa shape index (κ3) is 4.99. The Labute approximate surface area is 161 Å². The molecule has 0 spiro atoms. The number of nitrogens with one attached hydrogen (secondary N) is 2. The van der Waals surface area contributed by atoms with Crippen molar-refractivity contribution in [3.63, 3.8) is 0 Å². The second-order valence-corrected chi connectivity index (χ2v) is 6.22. The Bertz CT molecular complexity index is 536. The molecular formula is C18H28IN3O2. The molecule has 2 fully saturated rings. The highest BCUT2D eigenvalue weighted by molar-refractivity contribution is 14.0. The van der Waals surface area contributed by atoms with E-state index in [-0.39, 0.29) is 24.0 Å². The molecule has 2 N–H and O–H groups in total. The van der Waals surface area contributed by atoms with Gasteiger partial charge in [-0.05, 0) is 50.3 Å². The van der Waals surface area contributed by atoms with Crippen LogP contribution in [0.4, 0.5) is 0 Å². The highest BCUT2D eigenvalue weighted by Gasteiger charge is 2.41. The lowest BCUT2D eigenvalue weighted by atomic mass is 9.96. The Balaban J connectivity index is 0.00000208. The molecule has 1 aromatic rings. The molecule has 24 heavy (non-hydrogen) atoms. The summed E-state index contributed by atoms with van der Waals surface area (Å²) in [6, 6.07) is 8.59. The fourth-order valence-electron chi connectivity index (χ4n) is 3.37. The zero-order chi connectivity index (χ0) is 16.1. The number of guanidine groups is 1. The van der Waals surface area contributed by atoms with E-state index in [0.717, 1.165) is 37.6 Å². The molecule has 3 unspecified atom stereocenters. The SMILES string of the molecule is CCNC(=NCCc1ccc(OC)cc1)NC1CC2CCC1O2.I. The van der Waals surface area contributed by atoms with Crippen LogP contribution in [-0.2, 0) is 11.2 Å². The highest BCUT2D eigenvalue weighted by atomic mass is 127. The summed E-state index contributed by atoms with van der Waals surface area (Å²) in [7, 11) is 1.69. The molecule has 3 rings (SSSR count). The average molecular weight is 445 g/mol. The quantitative estimate of drug-likeness (QED) is 0.402. The minimum absolute atomic E-state index is 0. The van der Waals surface area contributed by atoms with Crippen LogP contribution in [0.2, 0.25) is 0 Å². The third-order valence-electron chi connectivity index (χ3n) is 4.60. The third-order valence-corrected chi connectivity index (χ3v) is 4.60. The lowest BCUT2D eigenvalue weighted by molar-refractivity contribution is 0.0992. The van der Waals surface area contributed by atoms with E-state index in [1.165, 1.54) is 18.4 Å². The van der Waals surface area contributed by atoms with Gasteiger partial charge in [0.05, 0.1) is 25.4 Å². The zero-order valence-corrected chi connectivity index (χ0v) is 16.8. The van der Waals surface area contributed by atoms with Crippen LogP contribution in [0.1, 0.15) is 31.7 Å². The molecule has 1 aromatic carbocycles. The fourth-order valence-corrected chi connectivity index (χ4v) is 3.37. The van der Waals surface area contributed by atoms with Gasteiger partial charge in [-0.1, -0.05) is 12.1 Å². The van der Waals surface area contributed by atoms with Gasteiger partial charge in [-0.25, -0.2) is 0 Å². The monoisotopic (exact) mass is 445 g/mol. The average Bonchev–Trinajstić information content (AvgIpc) is 3.18. The largest absolute Gasteiger partial charge is 0.497 e. The Morgan fingerprint density at radius 2 is 2.08 bits per heavy atom. The van der Waals surface area contributed by atoms with Crippen molar-refractivity contribution >= 4 is 29.9 Å². The highest BCUT2D eigenvalue weighted by Crippen LogP contribution is 2.34. The molecule has 0 saturated carbocycles. The van der Waals surface area contributed by atoms with Gasteiger partial charge in [0.25, 0.3) is 0 Å². The summed E-state index contributed by atoms with van der Waals surface area (Å²) in [5.41, 5.74) is 1.27. The van der Waals surface area contributed by atoms with Crippen molar-refractivity contribution in [2.24, 2.45) is 4.99 Å². The van der Waals surface area contributed by atoms with Crippen LogP contribution in [0, 0.1) is 0 Å². The molecule has 0 radical (unpaired) electrons. The topological polar surface area (TPSA) is 54.9 Å². The van der Waals surface area contributed by atoms with Crippen molar-refractivity contribution in [3.05, 3.63) is 29.8 Å². The molecule has 0 aliphatic carbocycles. The second-order valence-electron chi connectivity index (χ2n) is 6.22. The number of rotatable bonds is 6. The molecule has 0 aromatic heterocycles. The molecule has 134 valence electrons. The predicted molar refractivity (Wildman–Crippen MR) is 108 cm³/mol. The second kappa shape index (κ2) is 9.46. The van der Waals surface area contributed by atoms with Crippen molar-refractivity contribution < 1.29 is 9.47 Å². The Morgan fingerprint density at radius 1 is 1.29 bits per heavy atom. The molecule has 2 heterocycles. The summed E-state index contributed by atoms with van der Waals surface area (Å²) in [4.78, 5) is 4.71. The Kier molecular flexibility index (Phi) is 7.61. The first-order valence-corrected chi connectivity index (χ1v) is 8.61. The fraction of sp³-hybridized carbons (Fsp3) is 0.611. The number of methoxy groups -OCH3 is 1. The van der Waals surface area contributed by atoms with Crippen LogP contribution >= 0.6 is 24.0 Å². The summed E-state index contributed by atoms with van der Waals surface area (Å²) < 4.78 is 11.1. The minimum Gasteiger partial charge on any atom is -0.497 e. The van der Waals surface area contributed by atoms with Gasteiger partial charge in [0.15, 0.2) is 5.96 Å². The van der Waals surface area contributed by atoms with Gasteiger partial charge in [0, 0.05) is 13.1 Å². The zero-order valence-electron chi connectivity index (χ0n) is 14.5. The van der Waals surface area contributed by atoms with E-state index in [1.54, 1.807) is 7.11 Å². The van der Waals surface area contributed by atoms with Crippen LogP contribution in [0.5, 0.6) is 5.75 Å². The number of hydrogen-bond donors (Lipinski definition) is 2. The van der Waals surface area contributed by atoms with E-state index in [1.807, 2.05) is 12.1 Å². The maximum Gasteiger partial charge on any atom is 0.191 e. The number of benzene rings is 1. The maximum absolute atomic E-state index is 5.90. The normalized spacial score (nSPS) is 25.2. The summed E-state index contributed by atoms with van der Waals surface area (Å²) in [5.74, 6) is 1.80. The first kappa shape index (κ1) is 19.3. The van der Waals surface area contributed by atoms with E-state index in [2.05, 4.69) is 29.7 Å². The standard InChI is InChI=1S/C18H27N3O2.HI/c1-3-19-18(21-16-12-15-8-9-17(16)23-15)20-11-10-13-4-6-14(22-2)7-5-13;/h4-7,15-17H,3,8-12H2,1-2H3,(H2,19,20,21);1H. The van der Waals surface area contributed by atoms with Gasteiger partial charge in [-0.3, -0.25) is 4.99 Å². The number of ether oxygens (including phenoxy) is 2. The first-order valence-electron chi connectivity index (χ1n) is 8.61. The van der Waals surface area contributed by atoms with Gasteiger partial charge in [-0.15, -0.1) is 24.0 Å². The smallest absolute Gasteiger partial charge is 0.191 e. The van der Waals surface area contributed by atoms with Gasteiger partial charge in [0.1, 0.15) is 5.75 Å². The molecule has 2 aliphatic rings. The van der Waals surface area contributed by atoms with E-state index >= 15 is 0 Å². The van der Waals surface area contributed by atoms with Crippen LogP contribution in [0.25, 0.3) is 0 Å². The van der Waals surface area contributed by atoms with Crippen LogP contribution in [-0.4, -0.2) is 44.4 Å². The van der Waals surface area contributed by atoms with E-state index in [9.17, 15) is 0 Å². The molecule has 5 nitrogen and oxygen atoms in total. The lowest BCUT2D eigenvalue weighted by Gasteiger charge is -2.22. The Hall–Kier alpha value is -1.02. The lowest BCUT2D eigenvalue weighted by Crippen LogP contribution is -2.47. The molecule has 2 aliphatic heterocycles. The van der Waals surface area contributed by atoms with Crippen molar-refractivity contribution in [1.82, 2.24) is 10.6 Å². The number of nitrogens with zero attached hydrogens (tertiary/aromatic N) is 1. The van der Waals surface area contributed by atoms with Crippen molar-refractivity contribution in [2.45, 2.75) is 50.9 Å². The number of fused-ring (bicyclic) bond motifs is 2. The molecule has 2 bridgehead atoms. The van der Waals surface area contributed by atoms with E-state index in [0.29, 0.717) is 18.2 Å². The summed E-state index contributed by atoms with van der Waals surface area (Å²) in [6.07, 6.45) is 5.24. The van der Waals surface area contributed by atoms with E-state index in [4.69, 9.17) is 14.5 Å². The maximum atomic E-state index is 5.90. The van der Waals surface area contributed by atoms with Crippen molar-refractivity contribution in [2.75, 3.05) is 20.2 Å². The van der Waals surface area contributed by atoms with Gasteiger partial charge in [0.2, 0.25) is 0 Å². The van der Waals surface area contributed by atoms with Crippen LogP contribution in [0.15, 0.2) is 29.3 Å². The molecule has 2 saturated heterocycles. The molecule has 3 atom stereocenters. The number of hydrogen-bond acceptors (Lipinski definition) is 3. The van der Waals surface area contributed by atoms with Gasteiger partial charge >= 0.3 is 0 Å². The van der Waals surface area contributed by atoms with Crippen LogP contribution < -0.4 is 15.4 Å². The summed E-state index contributed by atoms with van der Waals surface area (Å²) in [5, 5.41) is 6.88. The molecular weight excluding hydrogens is 417 g/mol.